The minimum atomic E-state index is -0.553. The summed E-state index contributed by atoms with van der Waals surface area (Å²) in [4.78, 5) is 15.0. The average molecular weight is 546 g/mol. The molecule has 0 radical (unpaired) electrons. The maximum atomic E-state index is 12.7. The highest BCUT2D eigenvalue weighted by molar-refractivity contribution is 6.31. The van der Waals surface area contributed by atoms with Crippen LogP contribution in [0.1, 0.15) is 39.2 Å². The van der Waals surface area contributed by atoms with Crippen LogP contribution in [0.2, 0.25) is 5.02 Å². The number of hydrogen-bond acceptors (Lipinski definition) is 6. The second-order valence-corrected chi connectivity index (χ2v) is 11.5. The first-order chi connectivity index (χ1) is 18.7. The highest BCUT2D eigenvalue weighted by atomic mass is 35.5. The number of nitrogens with one attached hydrogen (secondary N) is 2. The van der Waals surface area contributed by atoms with Gasteiger partial charge in [0, 0.05) is 42.3 Å². The van der Waals surface area contributed by atoms with E-state index in [9.17, 15) is 4.79 Å². The van der Waals surface area contributed by atoms with Crippen molar-refractivity contribution >= 4 is 51.3 Å². The number of para-hydroxylation sites is 2. The number of piperidine rings is 1. The smallest absolute Gasteiger partial charge is 0.418 e. The van der Waals surface area contributed by atoms with Crippen molar-refractivity contribution in [1.82, 2.24) is 4.57 Å². The average Bonchev–Trinajstić information content (AvgIpc) is 3.34. The fourth-order valence-corrected chi connectivity index (χ4v) is 5.25. The third-order valence-corrected chi connectivity index (χ3v) is 7.23. The van der Waals surface area contributed by atoms with Crippen molar-refractivity contribution in [1.29, 1.82) is 0 Å². The predicted molar refractivity (Wildman–Crippen MR) is 162 cm³/mol. The molecule has 7 nitrogen and oxygen atoms in total. The van der Waals surface area contributed by atoms with E-state index in [1.807, 2.05) is 63.2 Å². The van der Waals surface area contributed by atoms with E-state index < -0.39 is 5.60 Å². The molecule has 204 valence electrons. The van der Waals surface area contributed by atoms with Gasteiger partial charge in [-0.05, 0) is 81.6 Å². The Morgan fingerprint density at radius 3 is 2.51 bits per heavy atom. The molecule has 39 heavy (non-hydrogen) atoms. The maximum Gasteiger partial charge on any atom is 0.418 e. The summed E-state index contributed by atoms with van der Waals surface area (Å²) in [6.07, 6.45) is 3.40. The number of fused-ring (bicyclic) bond motifs is 1. The van der Waals surface area contributed by atoms with Crippen molar-refractivity contribution in [3.63, 3.8) is 0 Å². The SMILES string of the molecule is CC(C)(C)OC(=O)n1ccc2c(CNc3ccccc3NC3CCN(c4cc(Cl)ccc4N)CC3)cccc21. The van der Waals surface area contributed by atoms with Gasteiger partial charge in [0.1, 0.15) is 5.60 Å². The summed E-state index contributed by atoms with van der Waals surface area (Å²) in [7, 11) is 0. The molecule has 1 saturated heterocycles. The zero-order chi connectivity index (χ0) is 27.6. The Kier molecular flexibility index (Phi) is 7.62. The van der Waals surface area contributed by atoms with Crippen molar-refractivity contribution < 1.29 is 9.53 Å². The highest BCUT2D eigenvalue weighted by Crippen LogP contribution is 2.31. The highest BCUT2D eigenvalue weighted by Gasteiger charge is 2.22. The number of hydrogen-bond donors (Lipinski definition) is 3. The Bertz CT molecular complexity index is 1470. The molecule has 8 heteroatoms. The molecule has 0 atom stereocenters. The molecule has 5 rings (SSSR count). The first kappa shape index (κ1) is 26.8. The normalized spacial score (nSPS) is 14.4. The lowest BCUT2D eigenvalue weighted by Crippen LogP contribution is -2.39. The van der Waals surface area contributed by atoms with Crippen LogP contribution in [0.25, 0.3) is 10.9 Å². The van der Waals surface area contributed by atoms with Crippen LogP contribution < -0.4 is 21.3 Å². The summed E-state index contributed by atoms with van der Waals surface area (Å²) >= 11 is 6.21. The van der Waals surface area contributed by atoms with Gasteiger partial charge in [-0.25, -0.2) is 4.79 Å². The molecule has 0 aliphatic carbocycles. The van der Waals surface area contributed by atoms with Gasteiger partial charge in [0.25, 0.3) is 0 Å². The minimum Gasteiger partial charge on any atom is -0.443 e. The molecular formula is C31H36ClN5O2. The molecule has 1 fully saturated rings. The summed E-state index contributed by atoms with van der Waals surface area (Å²) in [5.74, 6) is 0. The van der Waals surface area contributed by atoms with Crippen LogP contribution in [0.15, 0.2) is 72.9 Å². The van der Waals surface area contributed by atoms with Crippen molar-refractivity contribution in [2.45, 2.75) is 51.8 Å². The topological polar surface area (TPSA) is 84.5 Å². The lowest BCUT2D eigenvalue weighted by atomic mass is 10.0. The second-order valence-electron chi connectivity index (χ2n) is 11.0. The molecule has 4 aromatic rings. The van der Waals surface area contributed by atoms with Gasteiger partial charge < -0.3 is 26.0 Å². The van der Waals surface area contributed by atoms with Crippen molar-refractivity contribution in [3.8, 4) is 0 Å². The number of benzene rings is 3. The number of aromatic nitrogens is 1. The molecule has 0 unspecified atom stereocenters. The fraction of sp³-hybridized carbons (Fsp3) is 0.323. The van der Waals surface area contributed by atoms with Crippen LogP contribution in [-0.4, -0.2) is 35.4 Å². The van der Waals surface area contributed by atoms with Gasteiger partial charge in [-0.1, -0.05) is 35.9 Å². The van der Waals surface area contributed by atoms with E-state index >= 15 is 0 Å². The van der Waals surface area contributed by atoms with Gasteiger partial charge in [-0.3, -0.25) is 4.57 Å². The Morgan fingerprint density at radius 1 is 1.03 bits per heavy atom. The monoisotopic (exact) mass is 545 g/mol. The molecule has 0 amide bonds. The number of carbonyl (C=O) groups is 1. The zero-order valence-corrected chi connectivity index (χ0v) is 23.5. The molecule has 2 heterocycles. The lowest BCUT2D eigenvalue weighted by molar-refractivity contribution is 0.0544. The zero-order valence-electron chi connectivity index (χ0n) is 22.7. The third kappa shape index (κ3) is 6.25. The Labute approximate surface area is 234 Å². The summed E-state index contributed by atoms with van der Waals surface area (Å²) in [6.45, 7) is 8.06. The molecule has 1 aliphatic heterocycles. The van der Waals surface area contributed by atoms with Gasteiger partial charge in [0.15, 0.2) is 0 Å². The summed E-state index contributed by atoms with van der Waals surface area (Å²) < 4.78 is 7.15. The number of nitrogens with two attached hydrogens (primary N) is 1. The molecule has 1 aliphatic rings. The number of nitrogens with zero attached hydrogens (tertiary/aromatic N) is 2. The van der Waals surface area contributed by atoms with E-state index in [0.717, 1.165) is 65.1 Å². The van der Waals surface area contributed by atoms with Crippen LogP contribution in [0.4, 0.5) is 27.5 Å². The van der Waals surface area contributed by atoms with Crippen LogP contribution >= 0.6 is 11.6 Å². The maximum absolute atomic E-state index is 12.7. The number of anilines is 4. The molecular weight excluding hydrogens is 510 g/mol. The lowest BCUT2D eigenvalue weighted by Gasteiger charge is -2.35. The predicted octanol–water partition coefficient (Wildman–Crippen LogP) is 7.35. The van der Waals surface area contributed by atoms with E-state index in [1.165, 1.54) is 0 Å². The van der Waals surface area contributed by atoms with Crippen LogP contribution in [0, 0.1) is 0 Å². The first-order valence-electron chi connectivity index (χ1n) is 13.4. The molecule has 3 aromatic carbocycles. The second kappa shape index (κ2) is 11.1. The fourth-order valence-electron chi connectivity index (χ4n) is 5.08. The standard InChI is InChI=1S/C31H36ClN5O2/c1-31(2,3)39-30(38)37-18-15-24-21(7-6-10-28(24)37)20-34-26-8-4-5-9-27(26)35-23-13-16-36(17-14-23)29-19-22(32)11-12-25(29)33/h4-12,15,18-19,23,34-35H,13-14,16-17,20,33H2,1-3H3. The van der Waals surface area contributed by atoms with Crippen LogP contribution in [0.3, 0.4) is 0 Å². The van der Waals surface area contributed by atoms with Gasteiger partial charge in [0.05, 0.1) is 28.3 Å². The van der Waals surface area contributed by atoms with Crippen LogP contribution in [-0.2, 0) is 11.3 Å². The van der Waals surface area contributed by atoms with E-state index in [2.05, 4.69) is 39.8 Å². The Hall–Kier alpha value is -3.84. The van der Waals surface area contributed by atoms with Crippen molar-refractivity contribution in [2.24, 2.45) is 0 Å². The Balaban J connectivity index is 1.24. The van der Waals surface area contributed by atoms with Gasteiger partial charge in [-0.2, -0.15) is 0 Å². The summed E-state index contributed by atoms with van der Waals surface area (Å²) in [5, 5.41) is 9.08. The number of rotatable bonds is 6. The van der Waals surface area contributed by atoms with Gasteiger partial charge in [0.2, 0.25) is 0 Å². The molecule has 0 saturated carbocycles. The van der Waals surface area contributed by atoms with E-state index in [1.54, 1.807) is 10.8 Å². The van der Waals surface area contributed by atoms with Crippen LogP contribution in [0.5, 0.6) is 0 Å². The Morgan fingerprint density at radius 2 is 1.77 bits per heavy atom. The number of ether oxygens (including phenoxy) is 1. The van der Waals surface area contributed by atoms with E-state index in [-0.39, 0.29) is 6.09 Å². The molecule has 0 bridgehead atoms. The van der Waals surface area contributed by atoms with Crippen molar-refractivity contribution in [2.75, 3.05) is 34.4 Å². The molecule has 4 N–H and O–H groups in total. The van der Waals surface area contributed by atoms with E-state index in [4.69, 9.17) is 22.1 Å². The van der Waals surface area contributed by atoms with Crippen molar-refractivity contribution in [3.05, 3.63) is 83.5 Å². The first-order valence-corrected chi connectivity index (χ1v) is 13.8. The largest absolute Gasteiger partial charge is 0.443 e. The van der Waals surface area contributed by atoms with Gasteiger partial charge >= 0.3 is 6.09 Å². The van der Waals surface area contributed by atoms with E-state index in [0.29, 0.717) is 17.6 Å². The number of halogens is 1. The molecule has 0 spiro atoms. The number of nitrogen functional groups attached to an aromatic ring is 1. The summed E-state index contributed by atoms with van der Waals surface area (Å²) in [5.41, 5.74) is 11.5. The summed E-state index contributed by atoms with van der Waals surface area (Å²) in [6, 6.07) is 22.3. The third-order valence-electron chi connectivity index (χ3n) is 7.00. The molecule has 1 aromatic heterocycles. The quantitative estimate of drug-likeness (QED) is 0.220. The minimum absolute atomic E-state index is 0.357. The van der Waals surface area contributed by atoms with Gasteiger partial charge in [-0.15, -0.1) is 0 Å². The number of carbonyl (C=O) groups excluding carboxylic acids is 1.